The molecule has 25 heavy (non-hydrogen) atoms. The van der Waals surface area contributed by atoms with E-state index < -0.39 is 11.9 Å². The number of ether oxygens (including phenoxy) is 3. The maximum Gasteiger partial charge on any atom is 0.344 e. The van der Waals surface area contributed by atoms with Gasteiger partial charge in [-0.25, -0.2) is 9.59 Å². The van der Waals surface area contributed by atoms with E-state index in [1.165, 1.54) is 0 Å². The van der Waals surface area contributed by atoms with Crippen molar-refractivity contribution in [2.24, 2.45) is 0 Å². The van der Waals surface area contributed by atoms with Crippen LogP contribution in [0.1, 0.15) is 35.7 Å². The zero-order valence-corrected chi connectivity index (χ0v) is 14.3. The highest BCUT2D eigenvalue weighted by Crippen LogP contribution is 2.15. The number of rotatable bonds is 9. The molecule has 2 aromatic rings. The number of unbranched alkanes of at least 4 members (excludes halogenated alkanes) is 1. The first kappa shape index (κ1) is 18.5. The molecule has 5 nitrogen and oxygen atoms in total. The molecule has 0 saturated heterocycles. The molecule has 0 unspecified atom stereocenters. The minimum atomic E-state index is -0.445. The Hall–Kier alpha value is -2.82. The minimum Gasteiger partial charge on any atom is -0.482 e. The standard InChI is InChI=1S/C20H22O5/c1-2-3-12-23-19(21)15-24-18-11-7-10-17(13-18)20(22)25-14-16-8-5-4-6-9-16/h4-11,13H,2-3,12,14-15H2,1H3. The van der Waals surface area contributed by atoms with E-state index in [1.54, 1.807) is 24.3 Å². The van der Waals surface area contributed by atoms with Crippen LogP contribution in [0.15, 0.2) is 54.6 Å². The molecule has 2 rings (SSSR count). The van der Waals surface area contributed by atoms with Crippen molar-refractivity contribution < 1.29 is 23.8 Å². The van der Waals surface area contributed by atoms with Crippen LogP contribution in [0.5, 0.6) is 5.75 Å². The molecular weight excluding hydrogens is 320 g/mol. The number of esters is 2. The Bertz CT molecular complexity index is 681. The molecule has 0 bridgehead atoms. The molecular formula is C20H22O5. The summed E-state index contributed by atoms with van der Waals surface area (Å²) in [6.45, 7) is 2.43. The lowest BCUT2D eigenvalue weighted by Gasteiger charge is -2.08. The van der Waals surface area contributed by atoms with E-state index in [0.717, 1.165) is 18.4 Å². The fourth-order valence-electron chi connectivity index (χ4n) is 2.03. The van der Waals surface area contributed by atoms with Gasteiger partial charge in [-0.05, 0) is 30.2 Å². The Labute approximate surface area is 147 Å². The maximum atomic E-state index is 12.1. The summed E-state index contributed by atoms with van der Waals surface area (Å²) < 4.78 is 15.7. The van der Waals surface area contributed by atoms with E-state index in [0.29, 0.717) is 17.9 Å². The summed E-state index contributed by atoms with van der Waals surface area (Å²) in [4.78, 5) is 23.6. The number of benzene rings is 2. The number of hydrogen-bond acceptors (Lipinski definition) is 5. The third-order valence-corrected chi connectivity index (χ3v) is 3.40. The maximum absolute atomic E-state index is 12.1. The summed E-state index contributed by atoms with van der Waals surface area (Å²) >= 11 is 0. The van der Waals surface area contributed by atoms with Gasteiger partial charge in [0.05, 0.1) is 12.2 Å². The smallest absolute Gasteiger partial charge is 0.344 e. The van der Waals surface area contributed by atoms with Gasteiger partial charge in [-0.15, -0.1) is 0 Å². The zero-order chi connectivity index (χ0) is 17.9. The highest BCUT2D eigenvalue weighted by molar-refractivity contribution is 5.89. The van der Waals surface area contributed by atoms with Gasteiger partial charge in [0.15, 0.2) is 6.61 Å². The van der Waals surface area contributed by atoms with Crippen LogP contribution >= 0.6 is 0 Å². The first-order valence-electron chi connectivity index (χ1n) is 8.28. The SMILES string of the molecule is CCCCOC(=O)COc1cccc(C(=O)OCc2ccccc2)c1. The van der Waals surface area contributed by atoms with Gasteiger partial charge in [0.1, 0.15) is 12.4 Å². The monoisotopic (exact) mass is 342 g/mol. The third-order valence-electron chi connectivity index (χ3n) is 3.40. The topological polar surface area (TPSA) is 61.8 Å². The number of carbonyl (C=O) groups is 2. The zero-order valence-electron chi connectivity index (χ0n) is 14.3. The quantitative estimate of drug-likeness (QED) is 0.513. The van der Waals surface area contributed by atoms with Crippen molar-refractivity contribution in [3.05, 3.63) is 65.7 Å². The third kappa shape index (κ3) is 6.67. The van der Waals surface area contributed by atoms with Gasteiger partial charge in [-0.3, -0.25) is 0 Å². The van der Waals surface area contributed by atoms with E-state index in [9.17, 15) is 9.59 Å². The lowest BCUT2D eigenvalue weighted by Crippen LogP contribution is -2.15. The Morgan fingerprint density at radius 3 is 2.52 bits per heavy atom. The van der Waals surface area contributed by atoms with Gasteiger partial charge in [-0.2, -0.15) is 0 Å². The molecule has 0 N–H and O–H groups in total. The number of hydrogen-bond donors (Lipinski definition) is 0. The van der Waals surface area contributed by atoms with Crippen molar-refractivity contribution in [1.29, 1.82) is 0 Å². The summed E-state index contributed by atoms with van der Waals surface area (Å²) in [5, 5.41) is 0. The van der Waals surface area contributed by atoms with Crippen LogP contribution in [0.25, 0.3) is 0 Å². The molecule has 0 heterocycles. The van der Waals surface area contributed by atoms with Crippen molar-refractivity contribution in [3.63, 3.8) is 0 Å². The largest absolute Gasteiger partial charge is 0.482 e. The van der Waals surface area contributed by atoms with Crippen molar-refractivity contribution >= 4 is 11.9 Å². The number of carbonyl (C=O) groups excluding carboxylic acids is 2. The summed E-state index contributed by atoms with van der Waals surface area (Å²) in [6, 6.07) is 16.0. The molecule has 0 atom stereocenters. The second-order valence-corrected chi connectivity index (χ2v) is 5.45. The molecule has 0 radical (unpaired) electrons. The van der Waals surface area contributed by atoms with Gasteiger partial charge in [0.25, 0.3) is 0 Å². The van der Waals surface area contributed by atoms with Gasteiger partial charge in [0, 0.05) is 0 Å². The second-order valence-electron chi connectivity index (χ2n) is 5.45. The summed E-state index contributed by atoms with van der Waals surface area (Å²) in [5.41, 5.74) is 1.28. The van der Waals surface area contributed by atoms with Crippen molar-refractivity contribution in [1.82, 2.24) is 0 Å². The molecule has 0 aromatic heterocycles. The Balaban J connectivity index is 1.83. The normalized spacial score (nSPS) is 10.1. The van der Waals surface area contributed by atoms with Crippen LogP contribution in [-0.4, -0.2) is 25.2 Å². The summed E-state index contributed by atoms with van der Waals surface area (Å²) in [6.07, 6.45) is 1.79. The lowest BCUT2D eigenvalue weighted by molar-refractivity contribution is -0.146. The predicted octanol–water partition coefficient (Wildman–Crippen LogP) is 3.77. The van der Waals surface area contributed by atoms with E-state index in [1.807, 2.05) is 37.3 Å². The fraction of sp³-hybridized carbons (Fsp3) is 0.300. The molecule has 0 saturated carbocycles. The average Bonchev–Trinajstić information content (AvgIpc) is 2.66. The van der Waals surface area contributed by atoms with Crippen molar-refractivity contribution in [2.45, 2.75) is 26.4 Å². The van der Waals surface area contributed by atoms with E-state index in [-0.39, 0.29) is 13.2 Å². The molecule has 0 aliphatic carbocycles. The van der Waals surface area contributed by atoms with Crippen LogP contribution < -0.4 is 4.74 Å². The average molecular weight is 342 g/mol. The molecule has 0 aliphatic heterocycles. The van der Waals surface area contributed by atoms with Crippen LogP contribution in [0.4, 0.5) is 0 Å². The molecule has 5 heteroatoms. The molecule has 0 amide bonds. The molecule has 2 aromatic carbocycles. The van der Waals surface area contributed by atoms with Gasteiger partial charge < -0.3 is 14.2 Å². The van der Waals surface area contributed by atoms with Crippen LogP contribution in [-0.2, 0) is 20.9 Å². The molecule has 0 aliphatic rings. The Kier molecular flexibility index (Phi) is 7.50. The highest BCUT2D eigenvalue weighted by atomic mass is 16.6. The van der Waals surface area contributed by atoms with Crippen LogP contribution in [0.2, 0.25) is 0 Å². The Morgan fingerprint density at radius 1 is 0.960 bits per heavy atom. The van der Waals surface area contributed by atoms with Gasteiger partial charge >= 0.3 is 11.9 Å². The van der Waals surface area contributed by atoms with Gasteiger partial charge in [-0.1, -0.05) is 49.7 Å². The van der Waals surface area contributed by atoms with Crippen molar-refractivity contribution in [3.8, 4) is 5.75 Å². The Morgan fingerprint density at radius 2 is 1.76 bits per heavy atom. The van der Waals surface area contributed by atoms with E-state index >= 15 is 0 Å². The van der Waals surface area contributed by atoms with Crippen molar-refractivity contribution in [2.75, 3.05) is 13.2 Å². The van der Waals surface area contributed by atoms with E-state index in [4.69, 9.17) is 14.2 Å². The molecule has 132 valence electrons. The second kappa shape index (κ2) is 10.1. The lowest BCUT2D eigenvalue weighted by atomic mass is 10.2. The minimum absolute atomic E-state index is 0.188. The summed E-state index contributed by atoms with van der Waals surface area (Å²) in [5.74, 6) is -0.452. The van der Waals surface area contributed by atoms with E-state index in [2.05, 4.69) is 0 Å². The first-order valence-corrected chi connectivity index (χ1v) is 8.28. The van der Waals surface area contributed by atoms with Crippen LogP contribution in [0.3, 0.4) is 0 Å². The van der Waals surface area contributed by atoms with Crippen LogP contribution in [0, 0.1) is 0 Å². The first-order chi connectivity index (χ1) is 12.2. The highest BCUT2D eigenvalue weighted by Gasteiger charge is 2.10. The molecule has 0 spiro atoms. The fourth-order valence-corrected chi connectivity index (χ4v) is 2.03. The summed E-state index contributed by atoms with van der Waals surface area (Å²) in [7, 11) is 0. The predicted molar refractivity (Wildman–Crippen MR) is 93.4 cm³/mol. The van der Waals surface area contributed by atoms with Gasteiger partial charge in [0.2, 0.25) is 0 Å². The molecule has 0 fully saturated rings.